The Balaban J connectivity index is 3.07. The molecule has 0 spiro atoms. The number of nitro groups is 1. The third-order valence-electron chi connectivity index (χ3n) is 2.73. The summed E-state index contributed by atoms with van der Waals surface area (Å²) >= 11 is 5.96. The van der Waals surface area contributed by atoms with E-state index in [2.05, 4.69) is 0 Å². The van der Waals surface area contributed by atoms with Crippen LogP contribution in [0.3, 0.4) is 0 Å². The van der Waals surface area contributed by atoms with E-state index < -0.39 is 16.2 Å². The predicted octanol–water partition coefficient (Wildman–Crippen LogP) is 3.14. The summed E-state index contributed by atoms with van der Waals surface area (Å²) in [6.07, 6.45) is 0. The zero-order chi connectivity index (χ0) is 13.4. The van der Waals surface area contributed by atoms with E-state index in [9.17, 15) is 14.9 Å². The standard InChI is InChI=1S/C12H11ClN2O3/c1-7(2)14-9-6-4-3-5-8(9)10(13)11(12(14)16)15(17)18/h3-7H,1-2H3. The van der Waals surface area contributed by atoms with Crippen molar-refractivity contribution in [1.82, 2.24) is 4.57 Å². The second-order valence-corrected chi connectivity index (χ2v) is 4.58. The maximum absolute atomic E-state index is 12.1. The molecule has 2 rings (SSSR count). The fourth-order valence-corrected chi connectivity index (χ4v) is 2.29. The summed E-state index contributed by atoms with van der Waals surface area (Å²) in [5.74, 6) is 0. The van der Waals surface area contributed by atoms with Crippen LogP contribution in [-0.4, -0.2) is 9.49 Å². The van der Waals surface area contributed by atoms with Crippen molar-refractivity contribution in [1.29, 1.82) is 0 Å². The van der Waals surface area contributed by atoms with Gasteiger partial charge in [0.15, 0.2) is 0 Å². The number of rotatable bonds is 2. The van der Waals surface area contributed by atoms with Gasteiger partial charge >= 0.3 is 11.2 Å². The summed E-state index contributed by atoms with van der Waals surface area (Å²) in [7, 11) is 0. The summed E-state index contributed by atoms with van der Waals surface area (Å²) in [4.78, 5) is 22.4. The van der Waals surface area contributed by atoms with Crippen molar-refractivity contribution in [2.45, 2.75) is 19.9 Å². The van der Waals surface area contributed by atoms with E-state index in [1.165, 1.54) is 4.57 Å². The first-order chi connectivity index (χ1) is 8.45. The average molecular weight is 267 g/mol. The van der Waals surface area contributed by atoms with Crippen molar-refractivity contribution in [3.05, 3.63) is 49.8 Å². The molecule has 0 aliphatic rings. The summed E-state index contributed by atoms with van der Waals surface area (Å²) < 4.78 is 1.39. The van der Waals surface area contributed by atoms with E-state index in [-0.39, 0.29) is 11.1 Å². The lowest BCUT2D eigenvalue weighted by Crippen LogP contribution is -2.25. The molecule has 6 heteroatoms. The van der Waals surface area contributed by atoms with Gasteiger partial charge in [-0.15, -0.1) is 0 Å². The highest BCUT2D eigenvalue weighted by Gasteiger charge is 2.25. The van der Waals surface area contributed by atoms with Crippen LogP contribution in [0.4, 0.5) is 5.69 Å². The number of fused-ring (bicyclic) bond motifs is 1. The number of pyridine rings is 1. The van der Waals surface area contributed by atoms with Gasteiger partial charge < -0.3 is 0 Å². The Bertz CT molecular complexity index is 692. The molecular formula is C12H11ClN2O3. The van der Waals surface area contributed by atoms with Crippen molar-refractivity contribution >= 4 is 28.2 Å². The minimum Gasteiger partial charge on any atom is -0.300 e. The van der Waals surface area contributed by atoms with Gasteiger partial charge in [0.25, 0.3) is 0 Å². The first kappa shape index (κ1) is 12.6. The first-order valence-electron chi connectivity index (χ1n) is 5.42. The van der Waals surface area contributed by atoms with Gasteiger partial charge in [-0.25, -0.2) is 0 Å². The maximum atomic E-state index is 12.1. The number of aromatic nitrogens is 1. The first-order valence-corrected chi connectivity index (χ1v) is 5.80. The van der Waals surface area contributed by atoms with Crippen LogP contribution in [0.5, 0.6) is 0 Å². The molecule has 0 saturated heterocycles. The van der Waals surface area contributed by atoms with Crippen LogP contribution in [0.2, 0.25) is 5.02 Å². The van der Waals surface area contributed by atoms with Crippen molar-refractivity contribution < 1.29 is 4.92 Å². The number of halogens is 1. The molecule has 1 aromatic carbocycles. The highest BCUT2D eigenvalue weighted by atomic mass is 35.5. The average Bonchev–Trinajstić information content (AvgIpc) is 2.28. The number of benzene rings is 1. The van der Waals surface area contributed by atoms with Gasteiger partial charge in [-0.1, -0.05) is 29.8 Å². The topological polar surface area (TPSA) is 65.1 Å². The van der Waals surface area contributed by atoms with E-state index in [0.29, 0.717) is 10.9 Å². The van der Waals surface area contributed by atoms with Crippen LogP contribution in [0, 0.1) is 10.1 Å². The molecule has 5 nitrogen and oxygen atoms in total. The lowest BCUT2D eigenvalue weighted by molar-refractivity contribution is -0.386. The van der Waals surface area contributed by atoms with Crippen LogP contribution < -0.4 is 5.56 Å². The van der Waals surface area contributed by atoms with E-state index in [1.807, 2.05) is 0 Å². The van der Waals surface area contributed by atoms with Crippen molar-refractivity contribution in [2.75, 3.05) is 0 Å². The van der Waals surface area contributed by atoms with Crippen LogP contribution in [0.15, 0.2) is 29.1 Å². The molecule has 0 fully saturated rings. The summed E-state index contributed by atoms with van der Waals surface area (Å²) in [5.41, 5.74) is -0.629. The molecule has 0 saturated carbocycles. The van der Waals surface area contributed by atoms with E-state index in [1.54, 1.807) is 38.1 Å². The minimum absolute atomic E-state index is 0.0995. The second-order valence-electron chi connectivity index (χ2n) is 4.21. The van der Waals surface area contributed by atoms with Crippen LogP contribution in [0.25, 0.3) is 10.9 Å². The van der Waals surface area contributed by atoms with Crippen LogP contribution >= 0.6 is 11.6 Å². The Morgan fingerprint density at radius 1 is 1.33 bits per heavy atom. The van der Waals surface area contributed by atoms with Gasteiger partial charge in [0.05, 0.1) is 10.4 Å². The lowest BCUT2D eigenvalue weighted by Gasteiger charge is -2.14. The Morgan fingerprint density at radius 2 is 1.94 bits per heavy atom. The molecule has 18 heavy (non-hydrogen) atoms. The van der Waals surface area contributed by atoms with Gasteiger partial charge in [-0.3, -0.25) is 19.5 Å². The Hall–Kier alpha value is -1.88. The normalized spacial score (nSPS) is 11.1. The highest BCUT2D eigenvalue weighted by molar-refractivity contribution is 6.37. The second kappa shape index (κ2) is 4.42. The van der Waals surface area contributed by atoms with E-state index in [0.717, 1.165) is 0 Å². The molecule has 0 amide bonds. The molecule has 1 aromatic heterocycles. The fraction of sp³-hybridized carbons (Fsp3) is 0.250. The molecule has 0 unspecified atom stereocenters. The zero-order valence-electron chi connectivity index (χ0n) is 9.88. The molecule has 0 radical (unpaired) electrons. The van der Waals surface area contributed by atoms with Gasteiger partial charge in [0.2, 0.25) is 0 Å². The van der Waals surface area contributed by atoms with Gasteiger partial charge in [-0.05, 0) is 19.9 Å². The molecule has 1 heterocycles. The Morgan fingerprint density at radius 3 is 2.50 bits per heavy atom. The van der Waals surface area contributed by atoms with E-state index in [4.69, 9.17) is 11.6 Å². The summed E-state index contributed by atoms with van der Waals surface area (Å²) in [6, 6.07) is 6.71. The zero-order valence-corrected chi connectivity index (χ0v) is 10.6. The van der Waals surface area contributed by atoms with Gasteiger partial charge in [-0.2, -0.15) is 0 Å². The summed E-state index contributed by atoms with van der Waals surface area (Å²) in [6.45, 7) is 3.59. The van der Waals surface area contributed by atoms with Crippen molar-refractivity contribution in [3.8, 4) is 0 Å². The third kappa shape index (κ3) is 1.76. The SMILES string of the molecule is CC(C)n1c(=O)c([N+](=O)[O-])c(Cl)c2ccccc21. The molecule has 0 aliphatic heterocycles. The predicted molar refractivity (Wildman–Crippen MR) is 70.3 cm³/mol. The number of hydrogen-bond acceptors (Lipinski definition) is 3. The van der Waals surface area contributed by atoms with Crippen molar-refractivity contribution in [3.63, 3.8) is 0 Å². The molecule has 2 aromatic rings. The molecule has 0 aliphatic carbocycles. The summed E-state index contributed by atoms with van der Waals surface area (Å²) in [5, 5.41) is 11.4. The molecule has 0 atom stereocenters. The highest BCUT2D eigenvalue weighted by Crippen LogP contribution is 2.30. The molecular weight excluding hydrogens is 256 g/mol. The number of para-hydroxylation sites is 1. The van der Waals surface area contributed by atoms with Gasteiger partial charge in [0, 0.05) is 11.4 Å². The van der Waals surface area contributed by atoms with Gasteiger partial charge in [0.1, 0.15) is 5.02 Å². The largest absolute Gasteiger partial charge is 0.353 e. The van der Waals surface area contributed by atoms with E-state index >= 15 is 0 Å². The van der Waals surface area contributed by atoms with Crippen molar-refractivity contribution in [2.24, 2.45) is 0 Å². The number of hydrogen-bond donors (Lipinski definition) is 0. The Labute approximate surface area is 108 Å². The minimum atomic E-state index is -0.726. The molecule has 94 valence electrons. The fourth-order valence-electron chi connectivity index (χ4n) is 1.99. The third-order valence-corrected chi connectivity index (χ3v) is 3.11. The monoisotopic (exact) mass is 266 g/mol. The maximum Gasteiger partial charge on any atom is 0.353 e. The Kier molecular flexibility index (Phi) is 3.09. The van der Waals surface area contributed by atoms with Crippen LogP contribution in [-0.2, 0) is 0 Å². The smallest absolute Gasteiger partial charge is 0.300 e. The lowest BCUT2D eigenvalue weighted by atomic mass is 10.1. The number of nitrogens with zero attached hydrogens (tertiary/aromatic N) is 2. The molecule has 0 bridgehead atoms. The van der Waals surface area contributed by atoms with Crippen LogP contribution in [0.1, 0.15) is 19.9 Å². The molecule has 0 N–H and O–H groups in total. The quantitative estimate of drug-likeness (QED) is 0.619.